The van der Waals surface area contributed by atoms with Gasteiger partial charge in [-0.3, -0.25) is 4.79 Å². The Kier molecular flexibility index (Phi) is 5.28. The van der Waals surface area contributed by atoms with Crippen molar-refractivity contribution in [2.24, 2.45) is 11.8 Å². The summed E-state index contributed by atoms with van der Waals surface area (Å²) in [7, 11) is 0. The van der Waals surface area contributed by atoms with Crippen molar-refractivity contribution in [3.63, 3.8) is 0 Å². The summed E-state index contributed by atoms with van der Waals surface area (Å²) in [4.78, 5) is 12.5. The van der Waals surface area contributed by atoms with Crippen LogP contribution in [0.25, 0.3) is 0 Å². The molecule has 1 aromatic rings. The Morgan fingerprint density at radius 1 is 1.23 bits per heavy atom. The molecule has 0 heterocycles. The van der Waals surface area contributed by atoms with Gasteiger partial charge in [-0.05, 0) is 52.0 Å². The number of rotatable bonds is 4. The van der Waals surface area contributed by atoms with Crippen molar-refractivity contribution in [2.45, 2.75) is 65.1 Å². The number of carbonyl (C=O) groups excluding carboxylic acids is 1. The molecule has 3 nitrogen and oxygen atoms in total. The van der Waals surface area contributed by atoms with E-state index in [2.05, 4.69) is 43.4 Å². The number of carbonyl (C=O) groups is 1. The molecule has 0 spiro atoms. The average molecular weight is 303 g/mol. The third-order valence-electron chi connectivity index (χ3n) is 4.43. The first-order valence-electron chi connectivity index (χ1n) is 8.32. The maximum absolute atomic E-state index is 12.5. The monoisotopic (exact) mass is 303 g/mol. The molecule has 0 radical (unpaired) electrons. The Bertz CT molecular complexity index is 492. The Morgan fingerprint density at radius 2 is 1.86 bits per heavy atom. The first-order valence-corrected chi connectivity index (χ1v) is 8.32. The van der Waals surface area contributed by atoms with Gasteiger partial charge in [0, 0.05) is 12.1 Å². The van der Waals surface area contributed by atoms with Crippen molar-refractivity contribution in [3.05, 3.63) is 35.9 Å². The Labute approximate surface area is 134 Å². The highest BCUT2D eigenvalue weighted by Gasteiger charge is 2.40. The largest absolute Gasteiger partial charge is 0.460 e. The van der Waals surface area contributed by atoms with Crippen LogP contribution in [-0.2, 0) is 9.53 Å². The highest BCUT2D eigenvalue weighted by molar-refractivity contribution is 5.74. The molecule has 0 unspecified atom stereocenters. The standard InChI is InChI=1S/C19H29NO2/c1-13-11-12-16(18(21)22-19(3,4)5)17(13)20-14(2)15-9-7-6-8-10-15/h6-10,13-14,16-17,20H,11-12H2,1-5H3/t13-,14+,16+,17+/m1/s1. The summed E-state index contributed by atoms with van der Waals surface area (Å²) in [6.45, 7) is 10.2. The molecule has 1 aromatic carbocycles. The highest BCUT2D eigenvalue weighted by Crippen LogP contribution is 2.34. The molecule has 4 atom stereocenters. The lowest BCUT2D eigenvalue weighted by Gasteiger charge is -2.29. The quantitative estimate of drug-likeness (QED) is 0.851. The van der Waals surface area contributed by atoms with Gasteiger partial charge in [0.15, 0.2) is 0 Å². The fourth-order valence-corrected chi connectivity index (χ4v) is 3.25. The van der Waals surface area contributed by atoms with E-state index in [1.165, 1.54) is 5.56 Å². The van der Waals surface area contributed by atoms with Gasteiger partial charge in [0.2, 0.25) is 0 Å². The normalized spacial score (nSPS) is 26.7. The van der Waals surface area contributed by atoms with E-state index in [-0.39, 0.29) is 24.0 Å². The second-order valence-electron chi connectivity index (χ2n) is 7.52. The van der Waals surface area contributed by atoms with E-state index in [9.17, 15) is 4.79 Å². The predicted molar refractivity (Wildman–Crippen MR) is 89.5 cm³/mol. The summed E-state index contributed by atoms with van der Waals surface area (Å²) in [5.74, 6) is 0.388. The predicted octanol–water partition coefficient (Wildman–Crippen LogP) is 4.09. The van der Waals surface area contributed by atoms with Gasteiger partial charge in [-0.1, -0.05) is 37.3 Å². The third-order valence-corrected chi connectivity index (χ3v) is 4.43. The number of hydrogen-bond acceptors (Lipinski definition) is 3. The zero-order valence-corrected chi connectivity index (χ0v) is 14.4. The van der Waals surface area contributed by atoms with Crippen LogP contribution in [0, 0.1) is 11.8 Å². The van der Waals surface area contributed by atoms with Gasteiger partial charge < -0.3 is 10.1 Å². The molecule has 2 rings (SSSR count). The van der Waals surface area contributed by atoms with E-state index >= 15 is 0 Å². The molecule has 3 heteroatoms. The molecule has 0 amide bonds. The minimum absolute atomic E-state index is 0.0413. The van der Waals surface area contributed by atoms with Gasteiger partial charge in [-0.15, -0.1) is 0 Å². The maximum Gasteiger partial charge on any atom is 0.311 e. The number of benzene rings is 1. The van der Waals surface area contributed by atoms with Crippen LogP contribution < -0.4 is 5.32 Å². The minimum Gasteiger partial charge on any atom is -0.460 e. The van der Waals surface area contributed by atoms with Crippen molar-refractivity contribution in [2.75, 3.05) is 0 Å². The zero-order chi connectivity index (χ0) is 16.3. The lowest BCUT2D eigenvalue weighted by atomic mass is 9.96. The SMILES string of the molecule is C[C@H](N[C@H]1[C@H](C)CC[C@@H]1C(=O)OC(C)(C)C)c1ccccc1. The van der Waals surface area contributed by atoms with E-state index in [4.69, 9.17) is 4.74 Å². The molecule has 1 aliphatic carbocycles. The van der Waals surface area contributed by atoms with Crippen LogP contribution in [0.2, 0.25) is 0 Å². The molecule has 0 bridgehead atoms. The molecule has 0 aliphatic heterocycles. The summed E-state index contributed by atoms with van der Waals surface area (Å²) in [5, 5.41) is 3.66. The van der Waals surface area contributed by atoms with Crippen LogP contribution in [0.15, 0.2) is 30.3 Å². The summed E-state index contributed by atoms with van der Waals surface area (Å²) >= 11 is 0. The summed E-state index contributed by atoms with van der Waals surface area (Å²) in [6.07, 6.45) is 1.98. The van der Waals surface area contributed by atoms with Crippen LogP contribution in [0.3, 0.4) is 0 Å². The summed E-state index contributed by atoms with van der Waals surface area (Å²) in [6, 6.07) is 10.8. The first kappa shape index (κ1) is 17.0. The van der Waals surface area contributed by atoms with Crippen LogP contribution in [0.4, 0.5) is 0 Å². The van der Waals surface area contributed by atoms with E-state index < -0.39 is 5.60 Å². The third kappa shape index (κ3) is 4.33. The van der Waals surface area contributed by atoms with Gasteiger partial charge >= 0.3 is 5.97 Å². The van der Waals surface area contributed by atoms with Crippen molar-refractivity contribution < 1.29 is 9.53 Å². The molecular weight excluding hydrogens is 274 g/mol. The smallest absolute Gasteiger partial charge is 0.311 e. The van der Waals surface area contributed by atoms with Gasteiger partial charge in [0.1, 0.15) is 5.60 Å². The molecule has 0 saturated heterocycles. The van der Waals surface area contributed by atoms with Crippen LogP contribution in [0.1, 0.15) is 59.1 Å². The lowest BCUT2D eigenvalue weighted by molar-refractivity contribution is -0.160. The maximum atomic E-state index is 12.5. The number of ether oxygens (including phenoxy) is 1. The first-order chi connectivity index (χ1) is 10.3. The van der Waals surface area contributed by atoms with Gasteiger partial charge in [-0.2, -0.15) is 0 Å². The molecule has 122 valence electrons. The average Bonchev–Trinajstić information content (AvgIpc) is 2.79. The second kappa shape index (κ2) is 6.82. The molecule has 1 saturated carbocycles. The van der Waals surface area contributed by atoms with Gasteiger partial charge in [0.25, 0.3) is 0 Å². The minimum atomic E-state index is -0.418. The van der Waals surface area contributed by atoms with Crippen molar-refractivity contribution >= 4 is 5.97 Å². The van der Waals surface area contributed by atoms with E-state index in [1.807, 2.05) is 26.8 Å². The Balaban J connectivity index is 2.05. The topological polar surface area (TPSA) is 38.3 Å². The summed E-state index contributed by atoms with van der Waals surface area (Å²) < 4.78 is 5.61. The van der Waals surface area contributed by atoms with E-state index in [1.54, 1.807) is 0 Å². The van der Waals surface area contributed by atoms with E-state index in [0.717, 1.165) is 12.8 Å². The van der Waals surface area contributed by atoms with Crippen LogP contribution >= 0.6 is 0 Å². The fourth-order valence-electron chi connectivity index (χ4n) is 3.25. The van der Waals surface area contributed by atoms with E-state index in [0.29, 0.717) is 5.92 Å². The molecule has 1 N–H and O–H groups in total. The molecule has 22 heavy (non-hydrogen) atoms. The van der Waals surface area contributed by atoms with Gasteiger partial charge in [0.05, 0.1) is 5.92 Å². The molecule has 1 aliphatic rings. The van der Waals surface area contributed by atoms with Crippen LogP contribution in [-0.4, -0.2) is 17.6 Å². The number of hydrogen-bond donors (Lipinski definition) is 1. The van der Waals surface area contributed by atoms with Crippen molar-refractivity contribution in [1.82, 2.24) is 5.32 Å². The Morgan fingerprint density at radius 3 is 2.45 bits per heavy atom. The lowest BCUT2D eigenvalue weighted by Crippen LogP contribution is -2.43. The van der Waals surface area contributed by atoms with Gasteiger partial charge in [-0.25, -0.2) is 0 Å². The van der Waals surface area contributed by atoms with Crippen molar-refractivity contribution in [1.29, 1.82) is 0 Å². The molecule has 0 aromatic heterocycles. The zero-order valence-electron chi connectivity index (χ0n) is 14.4. The number of esters is 1. The van der Waals surface area contributed by atoms with Crippen molar-refractivity contribution in [3.8, 4) is 0 Å². The Hall–Kier alpha value is -1.35. The number of nitrogens with one attached hydrogen (secondary N) is 1. The molecular formula is C19H29NO2. The van der Waals surface area contributed by atoms with Crippen LogP contribution in [0.5, 0.6) is 0 Å². The summed E-state index contributed by atoms with van der Waals surface area (Å²) in [5.41, 5.74) is 0.836. The molecule has 1 fully saturated rings. The fraction of sp³-hybridized carbons (Fsp3) is 0.632. The highest BCUT2D eigenvalue weighted by atomic mass is 16.6. The second-order valence-corrected chi connectivity index (χ2v) is 7.52.